The summed E-state index contributed by atoms with van der Waals surface area (Å²) in [4.78, 5) is 0. The molecule has 0 N–H and O–H groups in total. The van der Waals surface area contributed by atoms with Gasteiger partial charge in [-0.25, -0.2) is 0 Å². The molecule has 2 rings (SSSR count). The Kier molecular flexibility index (Phi) is 5.19. The van der Waals surface area contributed by atoms with Crippen LogP contribution in [0.1, 0.15) is 16.5 Å². The molecule has 0 aliphatic carbocycles. The van der Waals surface area contributed by atoms with Gasteiger partial charge >= 0.3 is 0 Å². The minimum atomic E-state index is -0.402. The SMILES string of the molecule is COc1ccc(C(Cl)c2cccc(Br)c2Cl)c(OC)c1. The minimum absolute atomic E-state index is 0.402. The monoisotopic (exact) mass is 374 g/mol. The Morgan fingerprint density at radius 3 is 2.45 bits per heavy atom. The maximum absolute atomic E-state index is 6.56. The Hall–Kier alpha value is -0.900. The highest BCUT2D eigenvalue weighted by Crippen LogP contribution is 2.41. The van der Waals surface area contributed by atoms with Crippen molar-refractivity contribution in [2.24, 2.45) is 0 Å². The van der Waals surface area contributed by atoms with Crippen LogP contribution in [0.25, 0.3) is 0 Å². The summed E-state index contributed by atoms with van der Waals surface area (Å²) in [7, 11) is 3.21. The maximum Gasteiger partial charge on any atom is 0.127 e. The molecule has 0 aliphatic rings. The molecule has 0 aliphatic heterocycles. The third-order valence-corrected chi connectivity index (χ3v) is 4.75. The maximum atomic E-state index is 6.56. The summed E-state index contributed by atoms with van der Waals surface area (Å²) in [6.07, 6.45) is 0. The van der Waals surface area contributed by atoms with E-state index in [4.69, 9.17) is 32.7 Å². The molecule has 0 saturated heterocycles. The molecule has 20 heavy (non-hydrogen) atoms. The van der Waals surface area contributed by atoms with Crippen LogP contribution in [-0.4, -0.2) is 14.2 Å². The summed E-state index contributed by atoms with van der Waals surface area (Å²) in [5.74, 6) is 1.38. The van der Waals surface area contributed by atoms with Crippen molar-refractivity contribution in [2.75, 3.05) is 14.2 Å². The predicted octanol–water partition coefficient (Wildman–Crippen LogP) is 5.45. The van der Waals surface area contributed by atoms with Gasteiger partial charge in [-0.2, -0.15) is 0 Å². The number of halogens is 3. The molecule has 2 nitrogen and oxygen atoms in total. The Morgan fingerprint density at radius 1 is 1.05 bits per heavy atom. The highest BCUT2D eigenvalue weighted by Gasteiger charge is 2.19. The third-order valence-electron chi connectivity index (χ3n) is 2.97. The molecule has 106 valence electrons. The van der Waals surface area contributed by atoms with Crippen molar-refractivity contribution in [1.29, 1.82) is 0 Å². The van der Waals surface area contributed by atoms with Crippen LogP contribution in [0.3, 0.4) is 0 Å². The standard InChI is InChI=1S/C15H13BrCl2O2/c1-19-9-6-7-10(13(8-9)20-2)14(17)11-4-3-5-12(16)15(11)18/h3-8,14H,1-2H3. The second kappa shape index (κ2) is 6.70. The van der Waals surface area contributed by atoms with Gasteiger partial charge in [-0.15, -0.1) is 11.6 Å². The summed E-state index contributed by atoms with van der Waals surface area (Å²) in [6.45, 7) is 0. The zero-order valence-corrected chi connectivity index (χ0v) is 14.1. The van der Waals surface area contributed by atoms with E-state index in [-0.39, 0.29) is 0 Å². The van der Waals surface area contributed by atoms with E-state index in [1.54, 1.807) is 20.3 Å². The molecule has 0 spiro atoms. The van der Waals surface area contributed by atoms with Crippen molar-refractivity contribution in [1.82, 2.24) is 0 Å². The average Bonchev–Trinajstić information content (AvgIpc) is 2.48. The largest absolute Gasteiger partial charge is 0.497 e. The molecule has 1 unspecified atom stereocenters. The lowest BCUT2D eigenvalue weighted by Crippen LogP contribution is -1.99. The normalized spacial score (nSPS) is 12.1. The molecule has 0 aromatic heterocycles. The first-order valence-electron chi connectivity index (χ1n) is 5.88. The molecular weight excluding hydrogens is 363 g/mol. The molecule has 2 aromatic carbocycles. The number of rotatable bonds is 4. The fourth-order valence-electron chi connectivity index (χ4n) is 1.91. The van der Waals surface area contributed by atoms with E-state index in [1.807, 2.05) is 30.3 Å². The first-order chi connectivity index (χ1) is 9.58. The molecule has 0 saturated carbocycles. The van der Waals surface area contributed by atoms with Crippen LogP contribution in [-0.2, 0) is 0 Å². The number of benzene rings is 2. The fraction of sp³-hybridized carbons (Fsp3) is 0.200. The van der Waals surface area contributed by atoms with Gasteiger partial charge < -0.3 is 9.47 Å². The quantitative estimate of drug-likeness (QED) is 0.661. The Labute approximate surface area is 136 Å². The van der Waals surface area contributed by atoms with E-state index >= 15 is 0 Å². The Balaban J connectivity index is 2.47. The molecule has 0 radical (unpaired) electrons. The van der Waals surface area contributed by atoms with Crippen molar-refractivity contribution in [2.45, 2.75) is 5.38 Å². The number of ether oxygens (including phenoxy) is 2. The summed E-state index contributed by atoms with van der Waals surface area (Å²) in [5, 5.41) is 0.200. The topological polar surface area (TPSA) is 18.5 Å². The Bertz CT molecular complexity index is 617. The van der Waals surface area contributed by atoms with Crippen molar-refractivity contribution in [3.63, 3.8) is 0 Å². The van der Waals surface area contributed by atoms with Crippen LogP contribution in [0.5, 0.6) is 11.5 Å². The van der Waals surface area contributed by atoms with Crippen molar-refractivity contribution in [3.8, 4) is 11.5 Å². The van der Waals surface area contributed by atoms with E-state index in [2.05, 4.69) is 15.9 Å². The van der Waals surface area contributed by atoms with Crippen LogP contribution in [0.15, 0.2) is 40.9 Å². The van der Waals surface area contributed by atoms with Gasteiger partial charge in [0.2, 0.25) is 0 Å². The van der Waals surface area contributed by atoms with Crippen molar-refractivity contribution in [3.05, 3.63) is 57.0 Å². The molecular formula is C15H13BrCl2O2. The zero-order valence-electron chi connectivity index (χ0n) is 11.0. The lowest BCUT2D eigenvalue weighted by Gasteiger charge is -2.17. The van der Waals surface area contributed by atoms with E-state index in [9.17, 15) is 0 Å². The van der Waals surface area contributed by atoms with Crippen LogP contribution < -0.4 is 9.47 Å². The van der Waals surface area contributed by atoms with Crippen LogP contribution in [0, 0.1) is 0 Å². The van der Waals surface area contributed by atoms with E-state index in [0.717, 1.165) is 21.3 Å². The Morgan fingerprint density at radius 2 is 1.80 bits per heavy atom. The second-order valence-corrected chi connectivity index (χ2v) is 5.78. The highest BCUT2D eigenvalue weighted by atomic mass is 79.9. The summed E-state index contributed by atoms with van der Waals surface area (Å²) in [6, 6.07) is 11.2. The van der Waals surface area contributed by atoms with Gasteiger partial charge in [-0.1, -0.05) is 23.7 Å². The number of hydrogen-bond acceptors (Lipinski definition) is 2. The highest BCUT2D eigenvalue weighted by molar-refractivity contribution is 9.10. The molecule has 5 heteroatoms. The lowest BCUT2D eigenvalue weighted by atomic mass is 10.0. The molecule has 2 aromatic rings. The van der Waals surface area contributed by atoms with Crippen LogP contribution in [0.4, 0.5) is 0 Å². The second-order valence-electron chi connectivity index (χ2n) is 4.11. The first-order valence-corrected chi connectivity index (χ1v) is 7.49. The third kappa shape index (κ3) is 3.05. The van der Waals surface area contributed by atoms with Crippen molar-refractivity contribution < 1.29 is 9.47 Å². The smallest absolute Gasteiger partial charge is 0.127 e. The first kappa shape index (κ1) is 15.5. The van der Waals surface area contributed by atoms with Gasteiger partial charge in [-0.3, -0.25) is 0 Å². The number of alkyl halides is 1. The summed E-state index contributed by atoms with van der Waals surface area (Å²) < 4.78 is 11.4. The summed E-state index contributed by atoms with van der Waals surface area (Å²) >= 11 is 16.3. The van der Waals surface area contributed by atoms with Crippen LogP contribution >= 0.6 is 39.1 Å². The molecule has 0 fully saturated rings. The fourth-order valence-corrected chi connectivity index (χ4v) is 2.95. The molecule has 1 atom stereocenters. The van der Waals surface area contributed by atoms with E-state index in [1.165, 1.54) is 0 Å². The van der Waals surface area contributed by atoms with E-state index < -0.39 is 5.38 Å². The van der Waals surface area contributed by atoms with Gasteiger partial charge in [0.1, 0.15) is 11.5 Å². The van der Waals surface area contributed by atoms with Gasteiger partial charge in [-0.05, 0) is 39.7 Å². The zero-order chi connectivity index (χ0) is 14.7. The van der Waals surface area contributed by atoms with Gasteiger partial charge in [0.25, 0.3) is 0 Å². The molecule has 0 heterocycles. The van der Waals surface area contributed by atoms with Gasteiger partial charge in [0.15, 0.2) is 0 Å². The lowest BCUT2D eigenvalue weighted by molar-refractivity contribution is 0.391. The van der Waals surface area contributed by atoms with Gasteiger partial charge in [0.05, 0.1) is 24.6 Å². The van der Waals surface area contributed by atoms with Crippen molar-refractivity contribution >= 4 is 39.1 Å². The minimum Gasteiger partial charge on any atom is -0.497 e. The van der Waals surface area contributed by atoms with Crippen LogP contribution in [0.2, 0.25) is 5.02 Å². The predicted molar refractivity (Wildman–Crippen MR) is 86.4 cm³/mol. The molecule has 0 amide bonds. The molecule has 0 bridgehead atoms. The average molecular weight is 376 g/mol. The number of hydrogen-bond donors (Lipinski definition) is 0. The summed E-state index contributed by atoms with van der Waals surface area (Å²) in [5.41, 5.74) is 1.67. The van der Waals surface area contributed by atoms with Gasteiger partial charge in [0, 0.05) is 16.1 Å². The number of methoxy groups -OCH3 is 2. The van der Waals surface area contributed by atoms with E-state index in [0.29, 0.717) is 10.8 Å².